The van der Waals surface area contributed by atoms with Crippen LogP contribution in [0.2, 0.25) is 5.02 Å². The number of amides is 1. The molecule has 8 heteroatoms. The molecular formula is C17H21ClN2O5. The van der Waals surface area contributed by atoms with E-state index in [0.717, 1.165) is 10.9 Å². The first-order valence-corrected chi connectivity index (χ1v) is 8.46. The molecule has 25 heavy (non-hydrogen) atoms. The summed E-state index contributed by atoms with van der Waals surface area (Å²) in [6.07, 6.45) is -1.01. The van der Waals surface area contributed by atoms with E-state index in [1.807, 2.05) is 6.07 Å². The molecule has 0 unspecified atom stereocenters. The number of hydrogen-bond acceptors (Lipinski definition) is 5. The molecule has 1 aromatic carbocycles. The molecule has 0 spiro atoms. The van der Waals surface area contributed by atoms with E-state index in [0.29, 0.717) is 17.2 Å². The summed E-state index contributed by atoms with van der Waals surface area (Å²) in [7, 11) is 0. The van der Waals surface area contributed by atoms with E-state index in [4.69, 9.17) is 16.3 Å². The minimum atomic E-state index is -1.24. The van der Waals surface area contributed by atoms with Gasteiger partial charge in [0.2, 0.25) is 5.91 Å². The monoisotopic (exact) mass is 368 g/mol. The number of aromatic nitrogens is 1. The maximum atomic E-state index is 11.5. The zero-order chi connectivity index (χ0) is 18.1. The zero-order valence-electron chi connectivity index (χ0n) is 13.6. The lowest BCUT2D eigenvalue weighted by atomic mass is 9.79. The van der Waals surface area contributed by atoms with Crippen LogP contribution in [0.4, 0.5) is 0 Å². The Kier molecular flexibility index (Phi) is 5.19. The van der Waals surface area contributed by atoms with Gasteiger partial charge in [0.05, 0.1) is 17.7 Å². The molecule has 0 bridgehead atoms. The average Bonchev–Trinajstić information content (AvgIpc) is 2.96. The molecule has 0 saturated heterocycles. The van der Waals surface area contributed by atoms with Gasteiger partial charge in [0, 0.05) is 36.1 Å². The summed E-state index contributed by atoms with van der Waals surface area (Å²) in [5.74, 6) is -0.324. The Labute approximate surface area is 149 Å². The van der Waals surface area contributed by atoms with E-state index in [1.165, 1.54) is 6.92 Å². The molecule has 1 heterocycles. The van der Waals surface area contributed by atoms with Crippen LogP contribution in [0.3, 0.4) is 0 Å². The molecule has 1 aromatic heterocycles. The highest BCUT2D eigenvalue weighted by Gasteiger charge is 2.45. The number of ether oxygens (including phenoxy) is 1. The fourth-order valence-corrected chi connectivity index (χ4v) is 3.52. The molecule has 1 amide bonds. The van der Waals surface area contributed by atoms with Crippen molar-refractivity contribution in [1.29, 1.82) is 0 Å². The summed E-state index contributed by atoms with van der Waals surface area (Å²) in [5, 5.41) is 34.0. The summed E-state index contributed by atoms with van der Waals surface area (Å²) < 4.78 is 6.04. The Balaban J connectivity index is 1.89. The van der Waals surface area contributed by atoms with E-state index in [-0.39, 0.29) is 12.5 Å². The fraction of sp³-hybridized carbons (Fsp3) is 0.471. The van der Waals surface area contributed by atoms with Crippen molar-refractivity contribution in [3.8, 4) is 5.75 Å². The van der Waals surface area contributed by atoms with Crippen LogP contribution >= 0.6 is 11.6 Å². The van der Waals surface area contributed by atoms with Crippen molar-refractivity contribution in [2.45, 2.75) is 37.7 Å². The van der Waals surface area contributed by atoms with Crippen LogP contribution in [0.1, 0.15) is 13.3 Å². The highest BCUT2D eigenvalue weighted by atomic mass is 35.5. The second-order valence-corrected chi connectivity index (χ2v) is 6.82. The maximum Gasteiger partial charge on any atom is 0.217 e. The second kappa shape index (κ2) is 7.21. The Morgan fingerprint density at radius 2 is 2.16 bits per heavy atom. The molecule has 5 N–H and O–H groups in total. The van der Waals surface area contributed by atoms with Gasteiger partial charge in [-0.3, -0.25) is 4.79 Å². The summed E-state index contributed by atoms with van der Waals surface area (Å²) in [6.45, 7) is 1.05. The number of hydrogen-bond donors (Lipinski definition) is 5. The number of benzene rings is 1. The maximum absolute atomic E-state index is 11.5. The SMILES string of the molecule is CC(=O)N[C@@H]1[C@@H](O)[C@H](O)[C@@H](CO)C[C@H]1Oc1c[nH]c2cc(Cl)ccc12. The van der Waals surface area contributed by atoms with Crippen LogP contribution in [0.25, 0.3) is 10.9 Å². The molecule has 0 aliphatic heterocycles. The normalized spacial score (nSPS) is 29.6. The fourth-order valence-electron chi connectivity index (χ4n) is 3.35. The van der Waals surface area contributed by atoms with Crippen molar-refractivity contribution in [3.63, 3.8) is 0 Å². The van der Waals surface area contributed by atoms with Crippen molar-refractivity contribution in [2.24, 2.45) is 5.92 Å². The summed E-state index contributed by atoms with van der Waals surface area (Å²) >= 11 is 5.98. The van der Waals surface area contributed by atoms with Gasteiger partial charge in [-0.15, -0.1) is 0 Å². The predicted octanol–water partition coefficient (Wildman–Crippen LogP) is 0.807. The smallest absolute Gasteiger partial charge is 0.217 e. The van der Waals surface area contributed by atoms with Crippen molar-refractivity contribution >= 4 is 28.4 Å². The molecule has 0 radical (unpaired) electrons. The van der Waals surface area contributed by atoms with Crippen molar-refractivity contribution in [2.75, 3.05) is 6.61 Å². The van der Waals surface area contributed by atoms with Gasteiger partial charge in [0.1, 0.15) is 18.0 Å². The van der Waals surface area contributed by atoms with Crippen LogP contribution in [0.5, 0.6) is 5.75 Å². The largest absolute Gasteiger partial charge is 0.486 e. The van der Waals surface area contributed by atoms with E-state index in [9.17, 15) is 20.1 Å². The Morgan fingerprint density at radius 1 is 1.40 bits per heavy atom. The summed E-state index contributed by atoms with van der Waals surface area (Å²) in [4.78, 5) is 14.5. The number of aliphatic hydroxyl groups excluding tert-OH is 3. The molecule has 136 valence electrons. The third-order valence-corrected chi connectivity index (χ3v) is 4.86. The lowest BCUT2D eigenvalue weighted by molar-refractivity contribution is -0.131. The molecule has 5 atom stereocenters. The first-order valence-electron chi connectivity index (χ1n) is 8.08. The van der Waals surface area contributed by atoms with Gasteiger partial charge in [0.25, 0.3) is 0 Å². The molecule has 7 nitrogen and oxygen atoms in total. The third-order valence-electron chi connectivity index (χ3n) is 4.63. The molecule has 1 aliphatic rings. The van der Waals surface area contributed by atoms with Gasteiger partial charge in [-0.05, 0) is 24.6 Å². The lowest BCUT2D eigenvalue weighted by Gasteiger charge is -2.42. The van der Waals surface area contributed by atoms with E-state index in [2.05, 4.69) is 10.3 Å². The van der Waals surface area contributed by atoms with Gasteiger partial charge >= 0.3 is 0 Å². The van der Waals surface area contributed by atoms with Crippen molar-refractivity contribution in [3.05, 3.63) is 29.4 Å². The van der Waals surface area contributed by atoms with Crippen molar-refractivity contribution in [1.82, 2.24) is 10.3 Å². The average molecular weight is 369 g/mol. The van der Waals surface area contributed by atoms with Crippen LogP contribution in [-0.4, -0.2) is 57.2 Å². The van der Waals surface area contributed by atoms with Gasteiger partial charge in [0.15, 0.2) is 0 Å². The standard InChI is InChI=1S/C17H21ClN2O5/c1-8(22)20-15-13(4-9(7-21)16(23)17(15)24)25-14-6-19-12-5-10(18)2-3-11(12)14/h2-3,5-6,9,13,15-17,19,21,23-24H,4,7H2,1H3,(H,20,22)/t9-,13-,15+,16-,17-/m1/s1. The molecule has 1 fully saturated rings. The number of carbonyl (C=O) groups is 1. The molecular weight excluding hydrogens is 348 g/mol. The van der Waals surface area contributed by atoms with Crippen LogP contribution in [0.15, 0.2) is 24.4 Å². The number of H-pyrrole nitrogens is 1. The number of halogens is 1. The molecule has 1 aliphatic carbocycles. The lowest BCUT2D eigenvalue weighted by Crippen LogP contribution is -2.62. The third kappa shape index (κ3) is 3.59. The summed E-state index contributed by atoms with van der Waals surface area (Å²) in [6, 6.07) is 4.54. The van der Waals surface area contributed by atoms with Gasteiger partial charge in [-0.2, -0.15) is 0 Å². The Hall–Kier alpha value is -1.80. The van der Waals surface area contributed by atoms with Crippen molar-refractivity contribution < 1.29 is 24.9 Å². The Bertz CT molecular complexity index is 765. The number of rotatable bonds is 4. The molecule has 3 rings (SSSR count). The summed E-state index contributed by atoms with van der Waals surface area (Å²) in [5.41, 5.74) is 0.800. The second-order valence-electron chi connectivity index (χ2n) is 6.38. The highest BCUT2D eigenvalue weighted by molar-refractivity contribution is 6.31. The number of aliphatic hydroxyl groups is 3. The van der Waals surface area contributed by atoms with Gasteiger partial charge in [-0.1, -0.05) is 11.6 Å². The van der Waals surface area contributed by atoms with E-state index >= 15 is 0 Å². The van der Waals surface area contributed by atoms with E-state index in [1.54, 1.807) is 18.3 Å². The van der Waals surface area contributed by atoms with Crippen LogP contribution in [0, 0.1) is 5.92 Å². The minimum absolute atomic E-state index is 0.283. The highest BCUT2D eigenvalue weighted by Crippen LogP contribution is 2.33. The first kappa shape index (κ1) is 18.0. The number of carbonyl (C=O) groups excluding carboxylic acids is 1. The zero-order valence-corrected chi connectivity index (χ0v) is 14.4. The number of nitrogens with one attached hydrogen (secondary N) is 2. The Morgan fingerprint density at radius 3 is 2.84 bits per heavy atom. The topological polar surface area (TPSA) is 115 Å². The first-order chi connectivity index (χ1) is 11.9. The quantitative estimate of drug-likeness (QED) is 0.548. The predicted molar refractivity (Wildman–Crippen MR) is 92.5 cm³/mol. The number of aromatic amines is 1. The van der Waals surface area contributed by atoms with E-state index < -0.39 is 30.3 Å². The van der Waals surface area contributed by atoms with Gasteiger partial charge in [-0.25, -0.2) is 0 Å². The van der Waals surface area contributed by atoms with Crippen LogP contribution in [-0.2, 0) is 4.79 Å². The van der Waals surface area contributed by atoms with Crippen LogP contribution < -0.4 is 10.1 Å². The van der Waals surface area contributed by atoms with Gasteiger partial charge < -0.3 is 30.4 Å². The minimum Gasteiger partial charge on any atom is -0.486 e. The molecule has 1 saturated carbocycles. The molecule has 2 aromatic rings. The number of fused-ring (bicyclic) bond motifs is 1.